The standard InChI is InChI=1S/C17H18ClFN2O3S/c18-13-10-12(3-4-14(13)19)21-17(24)16(23)20-7-5-11(6-8-22)15-2-1-9-25-15/h1-4,9-11,22H,5-8H2,(H,20,23)(H,21,24)/t11-/m1/s1. The second-order valence-corrected chi connectivity index (χ2v) is 6.74. The van der Waals surface area contributed by atoms with Gasteiger partial charge in [-0.25, -0.2) is 4.39 Å². The van der Waals surface area contributed by atoms with E-state index in [4.69, 9.17) is 16.7 Å². The normalized spacial score (nSPS) is 11.8. The number of hydrogen-bond acceptors (Lipinski definition) is 4. The summed E-state index contributed by atoms with van der Waals surface area (Å²) < 4.78 is 13.1. The summed E-state index contributed by atoms with van der Waals surface area (Å²) in [6, 6.07) is 7.58. The Bertz CT molecular complexity index is 725. The predicted octanol–water partition coefficient (Wildman–Crippen LogP) is 3.15. The van der Waals surface area contributed by atoms with E-state index < -0.39 is 17.6 Å². The van der Waals surface area contributed by atoms with Gasteiger partial charge in [0.2, 0.25) is 0 Å². The summed E-state index contributed by atoms with van der Waals surface area (Å²) >= 11 is 7.22. The average Bonchev–Trinajstić information content (AvgIpc) is 3.11. The summed E-state index contributed by atoms with van der Waals surface area (Å²) in [4.78, 5) is 24.8. The van der Waals surface area contributed by atoms with Crippen LogP contribution >= 0.6 is 22.9 Å². The second kappa shape index (κ2) is 9.50. The molecule has 2 aromatic rings. The molecule has 0 bridgehead atoms. The maximum absolute atomic E-state index is 13.1. The van der Waals surface area contributed by atoms with Crippen molar-refractivity contribution in [3.05, 3.63) is 51.4 Å². The molecule has 0 fully saturated rings. The monoisotopic (exact) mass is 384 g/mol. The van der Waals surface area contributed by atoms with Gasteiger partial charge in [-0.15, -0.1) is 11.3 Å². The fourth-order valence-electron chi connectivity index (χ4n) is 2.31. The number of amides is 2. The molecule has 0 saturated carbocycles. The summed E-state index contributed by atoms with van der Waals surface area (Å²) in [6.45, 7) is 0.362. The third kappa shape index (κ3) is 5.81. The molecular weight excluding hydrogens is 367 g/mol. The number of carbonyl (C=O) groups excluding carboxylic acids is 2. The lowest BCUT2D eigenvalue weighted by molar-refractivity contribution is -0.136. The molecule has 5 nitrogen and oxygen atoms in total. The fourth-order valence-corrected chi connectivity index (χ4v) is 3.39. The summed E-state index contributed by atoms with van der Waals surface area (Å²) in [5, 5.41) is 15.9. The van der Waals surface area contributed by atoms with Crippen molar-refractivity contribution in [2.24, 2.45) is 0 Å². The number of aliphatic hydroxyl groups excluding tert-OH is 1. The van der Waals surface area contributed by atoms with Crippen LogP contribution in [0.3, 0.4) is 0 Å². The van der Waals surface area contributed by atoms with Crippen LogP contribution < -0.4 is 10.6 Å². The SMILES string of the molecule is O=C(NCC[C@H](CCO)c1cccs1)C(=O)Nc1ccc(F)c(Cl)c1. The van der Waals surface area contributed by atoms with Crippen LogP contribution in [0.15, 0.2) is 35.7 Å². The lowest BCUT2D eigenvalue weighted by Gasteiger charge is -2.14. The highest BCUT2D eigenvalue weighted by molar-refractivity contribution is 7.10. The number of nitrogens with one attached hydrogen (secondary N) is 2. The van der Waals surface area contributed by atoms with E-state index in [1.54, 1.807) is 11.3 Å². The summed E-state index contributed by atoms with van der Waals surface area (Å²) in [6.07, 6.45) is 1.21. The number of anilines is 1. The fraction of sp³-hybridized carbons (Fsp3) is 0.294. The van der Waals surface area contributed by atoms with Crippen molar-refractivity contribution < 1.29 is 19.1 Å². The van der Waals surface area contributed by atoms with Gasteiger partial charge in [0.15, 0.2) is 0 Å². The predicted molar refractivity (Wildman–Crippen MR) is 96.4 cm³/mol. The zero-order chi connectivity index (χ0) is 18.2. The zero-order valence-corrected chi connectivity index (χ0v) is 14.9. The van der Waals surface area contributed by atoms with Crippen molar-refractivity contribution >= 4 is 40.4 Å². The zero-order valence-electron chi connectivity index (χ0n) is 13.3. The minimum Gasteiger partial charge on any atom is -0.396 e. The molecule has 1 aromatic carbocycles. The molecule has 2 rings (SSSR count). The van der Waals surface area contributed by atoms with Gasteiger partial charge in [0.05, 0.1) is 5.02 Å². The largest absolute Gasteiger partial charge is 0.396 e. The number of rotatable bonds is 7. The molecule has 0 aliphatic heterocycles. The van der Waals surface area contributed by atoms with E-state index in [0.29, 0.717) is 19.4 Å². The number of halogens is 2. The third-order valence-electron chi connectivity index (χ3n) is 3.59. The van der Waals surface area contributed by atoms with Crippen LogP contribution in [0.4, 0.5) is 10.1 Å². The van der Waals surface area contributed by atoms with Gasteiger partial charge in [-0.05, 0) is 48.4 Å². The second-order valence-electron chi connectivity index (χ2n) is 5.35. The molecule has 1 atom stereocenters. The van der Waals surface area contributed by atoms with Crippen molar-refractivity contribution in [2.45, 2.75) is 18.8 Å². The van der Waals surface area contributed by atoms with Crippen molar-refractivity contribution in [1.82, 2.24) is 5.32 Å². The molecule has 25 heavy (non-hydrogen) atoms. The lowest BCUT2D eigenvalue weighted by atomic mass is 10.00. The molecule has 1 heterocycles. The van der Waals surface area contributed by atoms with E-state index in [9.17, 15) is 14.0 Å². The van der Waals surface area contributed by atoms with Crippen LogP contribution in [0.2, 0.25) is 5.02 Å². The number of benzene rings is 1. The van der Waals surface area contributed by atoms with Crippen LogP contribution in [-0.4, -0.2) is 30.1 Å². The lowest BCUT2D eigenvalue weighted by Crippen LogP contribution is -2.36. The molecule has 0 aliphatic rings. The molecule has 0 unspecified atom stereocenters. The van der Waals surface area contributed by atoms with Crippen LogP contribution in [0.1, 0.15) is 23.6 Å². The molecule has 0 saturated heterocycles. The van der Waals surface area contributed by atoms with Crippen LogP contribution in [0.5, 0.6) is 0 Å². The highest BCUT2D eigenvalue weighted by Crippen LogP contribution is 2.26. The Hall–Kier alpha value is -1.96. The molecule has 1 aromatic heterocycles. The van der Waals surface area contributed by atoms with E-state index in [2.05, 4.69) is 10.6 Å². The Morgan fingerprint density at radius 3 is 2.68 bits per heavy atom. The minimum atomic E-state index is -0.850. The number of carbonyl (C=O) groups is 2. The number of hydrogen-bond donors (Lipinski definition) is 3. The first kappa shape index (κ1) is 19.4. The van der Waals surface area contributed by atoms with Gasteiger partial charge in [0.1, 0.15) is 5.82 Å². The third-order valence-corrected chi connectivity index (χ3v) is 4.91. The van der Waals surface area contributed by atoms with Crippen molar-refractivity contribution in [1.29, 1.82) is 0 Å². The van der Waals surface area contributed by atoms with Crippen LogP contribution in [0, 0.1) is 5.82 Å². The molecule has 0 radical (unpaired) electrons. The Morgan fingerprint density at radius 2 is 2.04 bits per heavy atom. The van der Waals surface area contributed by atoms with Gasteiger partial charge in [0, 0.05) is 23.7 Å². The highest BCUT2D eigenvalue weighted by Gasteiger charge is 2.16. The first-order valence-electron chi connectivity index (χ1n) is 7.69. The smallest absolute Gasteiger partial charge is 0.313 e. The Kier molecular flexibility index (Phi) is 7.36. The van der Waals surface area contributed by atoms with Crippen molar-refractivity contribution in [3.63, 3.8) is 0 Å². The summed E-state index contributed by atoms with van der Waals surface area (Å²) in [5.41, 5.74) is 0.239. The van der Waals surface area contributed by atoms with Gasteiger partial charge < -0.3 is 15.7 Å². The Labute approximate surface area is 153 Å². The van der Waals surface area contributed by atoms with Gasteiger partial charge in [-0.3, -0.25) is 9.59 Å². The van der Waals surface area contributed by atoms with Gasteiger partial charge in [-0.1, -0.05) is 17.7 Å². The van der Waals surface area contributed by atoms with Gasteiger partial charge in [0.25, 0.3) is 0 Å². The van der Waals surface area contributed by atoms with E-state index in [0.717, 1.165) is 10.9 Å². The van der Waals surface area contributed by atoms with E-state index >= 15 is 0 Å². The molecule has 0 spiro atoms. The molecule has 0 aliphatic carbocycles. The van der Waals surface area contributed by atoms with E-state index in [1.807, 2.05) is 17.5 Å². The number of aliphatic hydroxyl groups is 1. The molecule has 3 N–H and O–H groups in total. The summed E-state index contributed by atoms with van der Waals surface area (Å²) in [5.74, 6) is -2.11. The average molecular weight is 385 g/mol. The quantitative estimate of drug-likeness (QED) is 0.642. The Balaban J connectivity index is 1.82. The maximum atomic E-state index is 13.1. The van der Waals surface area contributed by atoms with E-state index in [1.165, 1.54) is 12.1 Å². The first-order chi connectivity index (χ1) is 12.0. The molecule has 8 heteroatoms. The van der Waals surface area contributed by atoms with Gasteiger partial charge in [-0.2, -0.15) is 0 Å². The van der Waals surface area contributed by atoms with Crippen molar-refractivity contribution in [2.75, 3.05) is 18.5 Å². The van der Waals surface area contributed by atoms with E-state index in [-0.39, 0.29) is 23.2 Å². The summed E-state index contributed by atoms with van der Waals surface area (Å²) in [7, 11) is 0. The maximum Gasteiger partial charge on any atom is 0.313 e. The first-order valence-corrected chi connectivity index (χ1v) is 8.95. The number of thiophene rings is 1. The highest BCUT2D eigenvalue weighted by atomic mass is 35.5. The minimum absolute atomic E-state index is 0.0579. The topological polar surface area (TPSA) is 78.4 Å². The van der Waals surface area contributed by atoms with Crippen LogP contribution in [0.25, 0.3) is 0 Å². The Morgan fingerprint density at radius 1 is 1.24 bits per heavy atom. The van der Waals surface area contributed by atoms with Gasteiger partial charge >= 0.3 is 11.8 Å². The van der Waals surface area contributed by atoms with Crippen molar-refractivity contribution in [3.8, 4) is 0 Å². The molecule has 134 valence electrons. The molecular formula is C17H18ClFN2O3S. The molecule has 2 amide bonds. The van der Waals surface area contributed by atoms with Crippen LogP contribution in [-0.2, 0) is 9.59 Å².